The number of amides is 1. The van der Waals surface area contributed by atoms with Crippen molar-refractivity contribution < 1.29 is 14.3 Å². The van der Waals surface area contributed by atoms with E-state index < -0.39 is 6.10 Å². The minimum Gasteiger partial charge on any atom is -0.485 e. The van der Waals surface area contributed by atoms with Crippen LogP contribution in [0.5, 0.6) is 11.5 Å². The van der Waals surface area contributed by atoms with Crippen molar-refractivity contribution in [1.82, 2.24) is 5.32 Å². The van der Waals surface area contributed by atoms with Crippen LogP contribution >= 0.6 is 11.3 Å². The van der Waals surface area contributed by atoms with E-state index in [2.05, 4.69) is 5.32 Å². The highest BCUT2D eigenvalue weighted by Crippen LogP contribution is 2.30. The van der Waals surface area contributed by atoms with Gasteiger partial charge in [0.05, 0.1) is 6.54 Å². The molecule has 1 aliphatic rings. The molecule has 3 rings (SSSR count). The van der Waals surface area contributed by atoms with E-state index in [0.717, 1.165) is 4.88 Å². The van der Waals surface area contributed by atoms with Crippen molar-refractivity contribution in [2.75, 3.05) is 6.61 Å². The summed E-state index contributed by atoms with van der Waals surface area (Å²) in [5.41, 5.74) is 0. The van der Waals surface area contributed by atoms with Crippen LogP contribution in [0.3, 0.4) is 0 Å². The minimum atomic E-state index is -0.588. The zero-order chi connectivity index (χ0) is 13.1. The predicted octanol–water partition coefficient (Wildman–Crippen LogP) is 2.20. The van der Waals surface area contributed by atoms with Gasteiger partial charge in [0.2, 0.25) is 6.10 Å². The van der Waals surface area contributed by atoms with E-state index in [9.17, 15) is 4.79 Å². The first-order valence-corrected chi connectivity index (χ1v) is 6.89. The third kappa shape index (κ3) is 2.71. The molecule has 5 heteroatoms. The number of benzene rings is 1. The molecule has 0 bridgehead atoms. The molecule has 1 aromatic carbocycles. The number of rotatable bonds is 3. The van der Waals surface area contributed by atoms with Gasteiger partial charge in [-0.3, -0.25) is 4.79 Å². The van der Waals surface area contributed by atoms with Crippen LogP contribution in [0, 0.1) is 0 Å². The maximum atomic E-state index is 12.0. The molecule has 1 amide bonds. The second-order valence-electron chi connectivity index (χ2n) is 4.16. The molecule has 2 aromatic rings. The largest absolute Gasteiger partial charge is 0.485 e. The van der Waals surface area contributed by atoms with Crippen LogP contribution in [0.15, 0.2) is 41.8 Å². The normalized spacial score (nSPS) is 16.9. The number of hydrogen-bond donors (Lipinski definition) is 1. The number of carbonyl (C=O) groups is 1. The Morgan fingerprint density at radius 2 is 2.11 bits per heavy atom. The van der Waals surface area contributed by atoms with Gasteiger partial charge in [-0.05, 0) is 23.6 Å². The number of fused-ring (bicyclic) bond motifs is 1. The monoisotopic (exact) mass is 275 g/mol. The lowest BCUT2D eigenvalue weighted by molar-refractivity contribution is -0.130. The molecular formula is C14H13NO3S. The van der Waals surface area contributed by atoms with Gasteiger partial charge >= 0.3 is 0 Å². The van der Waals surface area contributed by atoms with Crippen molar-refractivity contribution in [2.24, 2.45) is 0 Å². The molecule has 1 atom stereocenters. The summed E-state index contributed by atoms with van der Waals surface area (Å²) < 4.78 is 11.1. The fraction of sp³-hybridized carbons (Fsp3) is 0.214. The van der Waals surface area contributed by atoms with Crippen molar-refractivity contribution in [3.8, 4) is 11.5 Å². The van der Waals surface area contributed by atoms with E-state index in [1.54, 1.807) is 17.4 Å². The Balaban J connectivity index is 1.60. The number of para-hydroxylation sites is 2. The van der Waals surface area contributed by atoms with Gasteiger partial charge in [-0.1, -0.05) is 18.2 Å². The lowest BCUT2D eigenvalue weighted by Gasteiger charge is -2.25. The minimum absolute atomic E-state index is 0.150. The molecule has 0 spiro atoms. The van der Waals surface area contributed by atoms with E-state index in [0.29, 0.717) is 18.0 Å². The molecule has 19 heavy (non-hydrogen) atoms. The molecule has 0 saturated carbocycles. The van der Waals surface area contributed by atoms with Gasteiger partial charge in [-0.15, -0.1) is 11.3 Å². The van der Waals surface area contributed by atoms with Gasteiger partial charge in [-0.2, -0.15) is 0 Å². The molecule has 0 radical (unpaired) electrons. The molecule has 1 aliphatic heterocycles. The highest BCUT2D eigenvalue weighted by molar-refractivity contribution is 7.09. The summed E-state index contributed by atoms with van der Waals surface area (Å²) in [7, 11) is 0. The summed E-state index contributed by atoms with van der Waals surface area (Å²) in [4.78, 5) is 13.1. The Bertz CT molecular complexity index is 568. The molecule has 1 N–H and O–H groups in total. The SMILES string of the molecule is O=C(NCc1cccs1)C1COc2ccccc2O1. The van der Waals surface area contributed by atoms with Gasteiger partial charge < -0.3 is 14.8 Å². The summed E-state index contributed by atoms with van der Waals surface area (Å²) in [6.45, 7) is 0.769. The molecule has 4 nitrogen and oxygen atoms in total. The molecule has 1 unspecified atom stereocenters. The lowest BCUT2D eigenvalue weighted by atomic mass is 10.2. The first kappa shape index (κ1) is 12.0. The third-order valence-electron chi connectivity index (χ3n) is 2.82. The summed E-state index contributed by atoms with van der Waals surface area (Å²) in [5.74, 6) is 1.15. The Kier molecular flexibility index (Phi) is 3.37. The molecular weight excluding hydrogens is 262 g/mol. The van der Waals surface area contributed by atoms with Crippen molar-refractivity contribution in [3.63, 3.8) is 0 Å². The molecule has 98 valence electrons. The molecule has 2 heterocycles. The summed E-state index contributed by atoms with van der Waals surface area (Å²) >= 11 is 1.61. The lowest BCUT2D eigenvalue weighted by Crippen LogP contribution is -2.43. The number of nitrogens with one attached hydrogen (secondary N) is 1. The van der Waals surface area contributed by atoms with E-state index >= 15 is 0 Å². The number of thiophene rings is 1. The Morgan fingerprint density at radius 3 is 2.89 bits per heavy atom. The van der Waals surface area contributed by atoms with Gasteiger partial charge in [-0.25, -0.2) is 0 Å². The first-order chi connectivity index (χ1) is 9.33. The van der Waals surface area contributed by atoms with Crippen LogP contribution in [0.25, 0.3) is 0 Å². The predicted molar refractivity (Wildman–Crippen MR) is 72.5 cm³/mol. The zero-order valence-corrected chi connectivity index (χ0v) is 11.0. The number of ether oxygens (including phenoxy) is 2. The maximum Gasteiger partial charge on any atom is 0.264 e. The summed E-state index contributed by atoms with van der Waals surface area (Å²) in [6, 6.07) is 11.3. The number of hydrogen-bond acceptors (Lipinski definition) is 4. The van der Waals surface area contributed by atoms with Crippen molar-refractivity contribution >= 4 is 17.2 Å². The fourth-order valence-corrected chi connectivity index (χ4v) is 2.49. The average molecular weight is 275 g/mol. The summed E-state index contributed by atoms with van der Waals surface area (Å²) in [6.07, 6.45) is -0.588. The Morgan fingerprint density at radius 1 is 1.26 bits per heavy atom. The Labute approximate surface area is 115 Å². The maximum absolute atomic E-state index is 12.0. The number of carbonyl (C=O) groups excluding carboxylic acids is 1. The van der Waals surface area contributed by atoms with Gasteiger partial charge in [0, 0.05) is 4.88 Å². The van der Waals surface area contributed by atoms with Gasteiger partial charge in [0.15, 0.2) is 11.5 Å². The quantitative estimate of drug-likeness (QED) is 0.934. The zero-order valence-electron chi connectivity index (χ0n) is 10.2. The second kappa shape index (κ2) is 5.32. The Hall–Kier alpha value is -2.01. The standard InChI is InChI=1S/C14H13NO3S/c16-14(15-8-10-4-3-7-19-10)13-9-17-11-5-1-2-6-12(11)18-13/h1-7,13H,8-9H2,(H,15,16). The highest BCUT2D eigenvalue weighted by Gasteiger charge is 2.26. The smallest absolute Gasteiger partial charge is 0.264 e. The van der Waals surface area contributed by atoms with Crippen LogP contribution in [0.1, 0.15) is 4.88 Å². The van der Waals surface area contributed by atoms with Crippen LogP contribution in [-0.4, -0.2) is 18.6 Å². The van der Waals surface area contributed by atoms with Crippen LogP contribution in [0.4, 0.5) is 0 Å². The average Bonchev–Trinajstić information content (AvgIpc) is 2.97. The van der Waals surface area contributed by atoms with Gasteiger partial charge in [0.25, 0.3) is 5.91 Å². The third-order valence-corrected chi connectivity index (χ3v) is 3.69. The second-order valence-corrected chi connectivity index (χ2v) is 5.19. The molecule has 1 aromatic heterocycles. The van der Waals surface area contributed by atoms with Crippen LogP contribution in [0.2, 0.25) is 0 Å². The molecule has 0 saturated heterocycles. The van der Waals surface area contributed by atoms with Crippen LogP contribution < -0.4 is 14.8 Å². The van der Waals surface area contributed by atoms with E-state index in [1.165, 1.54) is 0 Å². The van der Waals surface area contributed by atoms with Crippen molar-refractivity contribution in [1.29, 1.82) is 0 Å². The molecule has 0 fully saturated rings. The van der Waals surface area contributed by atoms with Crippen LogP contribution in [-0.2, 0) is 11.3 Å². The first-order valence-electron chi connectivity index (χ1n) is 6.01. The van der Waals surface area contributed by atoms with E-state index in [-0.39, 0.29) is 12.5 Å². The van der Waals surface area contributed by atoms with Crippen molar-refractivity contribution in [2.45, 2.75) is 12.6 Å². The van der Waals surface area contributed by atoms with E-state index in [4.69, 9.17) is 9.47 Å². The fourth-order valence-electron chi connectivity index (χ4n) is 1.85. The molecule has 0 aliphatic carbocycles. The van der Waals surface area contributed by atoms with E-state index in [1.807, 2.05) is 35.7 Å². The van der Waals surface area contributed by atoms with Gasteiger partial charge in [0.1, 0.15) is 6.61 Å². The highest BCUT2D eigenvalue weighted by atomic mass is 32.1. The topological polar surface area (TPSA) is 47.6 Å². The summed E-state index contributed by atoms with van der Waals surface area (Å²) in [5, 5.41) is 4.84. The van der Waals surface area contributed by atoms with Crippen molar-refractivity contribution in [3.05, 3.63) is 46.7 Å².